The smallest absolute Gasteiger partial charge is 0.105 e. The molecule has 0 heterocycles. The number of quaternary nitrogens is 1. The van der Waals surface area contributed by atoms with Crippen LogP contribution in [0.4, 0.5) is 0 Å². The second-order valence-electron chi connectivity index (χ2n) is 8.84. The molecule has 0 saturated heterocycles. The van der Waals surface area contributed by atoms with Gasteiger partial charge in [-0.2, -0.15) is 0 Å². The summed E-state index contributed by atoms with van der Waals surface area (Å²) in [5.74, 6) is 0. The van der Waals surface area contributed by atoms with Gasteiger partial charge in [-0.25, -0.2) is 0 Å². The average molecular weight is 453 g/mol. The molecule has 0 saturated carbocycles. The van der Waals surface area contributed by atoms with Crippen LogP contribution in [-0.4, -0.2) is 56.1 Å². The average Bonchev–Trinajstić information content (AvgIpc) is 2.57. The first-order valence-corrected chi connectivity index (χ1v) is 11.6. The summed E-state index contributed by atoms with van der Waals surface area (Å²) < 4.78 is 6.76. The molecule has 0 aromatic rings. The van der Waals surface area contributed by atoms with Gasteiger partial charge in [0.2, 0.25) is 0 Å². The Labute approximate surface area is 181 Å². The summed E-state index contributed by atoms with van der Waals surface area (Å²) in [4.78, 5) is 0. The van der Waals surface area contributed by atoms with Crippen LogP contribution < -0.4 is 17.0 Å². The van der Waals surface area contributed by atoms with Crippen LogP contribution in [0.3, 0.4) is 0 Å². The van der Waals surface area contributed by atoms with Crippen molar-refractivity contribution in [1.29, 1.82) is 0 Å². The third-order valence-electron chi connectivity index (χ3n) is 5.36. The van der Waals surface area contributed by atoms with Crippen molar-refractivity contribution in [2.75, 3.05) is 40.4 Å². The summed E-state index contributed by atoms with van der Waals surface area (Å²) in [7, 11) is 4.31. The Kier molecular flexibility index (Phi) is 23.1. The van der Waals surface area contributed by atoms with Gasteiger partial charge in [-0.05, 0) is 13.3 Å². The van der Waals surface area contributed by atoms with Crippen LogP contribution in [0.5, 0.6) is 0 Å². The minimum atomic E-state index is 0. The Morgan fingerprint density at radius 1 is 0.741 bits per heavy atom. The van der Waals surface area contributed by atoms with Crippen LogP contribution in [-0.2, 0) is 4.74 Å². The fourth-order valence-electron chi connectivity index (χ4n) is 3.69. The predicted octanol–water partition coefficient (Wildman–Crippen LogP) is 2.95. The molecule has 0 aliphatic rings. The molecule has 0 aromatic carbocycles. The fourth-order valence-corrected chi connectivity index (χ4v) is 3.69. The van der Waals surface area contributed by atoms with Crippen LogP contribution in [0, 0.1) is 0 Å². The summed E-state index contributed by atoms with van der Waals surface area (Å²) in [6, 6.07) is 0. The molecule has 0 aliphatic carbocycles. The standard InChI is InChI=1S/C23H50NO2.BrH/c1-5-6-7-8-9-10-11-12-13-14-15-16-17-18-21-26-23(2)22-24(3,4)19-20-25;/h23,25H,5-22H2,1-4H3;1H/q+1;/p-1. The zero-order chi connectivity index (χ0) is 19.5. The van der Waals surface area contributed by atoms with Crippen LogP contribution in [0.15, 0.2) is 0 Å². The number of hydrogen-bond acceptors (Lipinski definition) is 2. The number of nitrogens with zero attached hydrogens (tertiary/aromatic N) is 1. The van der Waals surface area contributed by atoms with E-state index in [-0.39, 0.29) is 29.7 Å². The zero-order valence-electron chi connectivity index (χ0n) is 19.0. The van der Waals surface area contributed by atoms with Gasteiger partial charge in [-0.1, -0.05) is 90.4 Å². The normalized spacial score (nSPS) is 12.8. The van der Waals surface area contributed by atoms with E-state index in [1.165, 1.54) is 89.9 Å². The zero-order valence-corrected chi connectivity index (χ0v) is 20.6. The van der Waals surface area contributed by atoms with Crippen molar-refractivity contribution in [2.24, 2.45) is 0 Å². The van der Waals surface area contributed by atoms with Crippen LogP contribution in [0.2, 0.25) is 0 Å². The lowest BCUT2D eigenvalue weighted by Crippen LogP contribution is -3.00. The molecule has 0 spiro atoms. The van der Waals surface area contributed by atoms with E-state index >= 15 is 0 Å². The van der Waals surface area contributed by atoms with Gasteiger partial charge in [0, 0.05) is 6.61 Å². The van der Waals surface area contributed by atoms with E-state index in [1.807, 2.05) is 0 Å². The second kappa shape index (κ2) is 21.1. The van der Waals surface area contributed by atoms with Gasteiger partial charge in [-0.15, -0.1) is 0 Å². The Morgan fingerprint density at radius 2 is 1.15 bits per heavy atom. The molecule has 27 heavy (non-hydrogen) atoms. The van der Waals surface area contributed by atoms with E-state index in [0.29, 0.717) is 0 Å². The van der Waals surface area contributed by atoms with Crippen molar-refractivity contribution < 1.29 is 31.3 Å². The summed E-state index contributed by atoms with van der Waals surface area (Å²) in [5, 5.41) is 9.08. The maximum atomic E-state index is 9.08. The molecule has 1 atom stereocenters. The van der Waals surface area contributed by atoms with Crippen molar-refractivity contribution in [3.63, 3.8) is 0 Å². The summed E-state index contributed by atoms with van der Waals surface area (Å²) >= 11 is 0. The highest BCUT2D eigenvalue weighted by Crippen LogP contribution is 2.13. The monoisotopic (exact) mass is 451 g/mol. The number of likely N-dealkylation sites (N-methyl/N-ethyl adjacent to an activating group) is 1. The highest BCUT2D eigenvalue weighted by molar-refractivity contribution is 4.51. The molecule has 0 aromatic heterocycles. The summed E-state index contributed by atoms with van der Waals surface area (Å²) in [6.07, 6.45) is 19.8. The van der Waals surface area contributed by atoms with Gasteiger partial charge in [0.25, 0.3) is 0 Å². The van der Waals surface area contributed by atoms with Gasteiger partial charge < -0.3 is 31.3 Å². The molecule has 166 valence electrons. The minimum absolute atomic E-state index is 0. The first-order chi connectivity index (χ1) is 12.5. The number of rotatable bonds is 20. The highest BCUT2D eigenvalue weighted by atomic mass is 79.9. The van der Waals surface area contributed by atoms with E-state index in [2.05, 4.69) is 27.9 Å². The van der Waals surface area contributed by atoms with Crippen LogP contribution in [0.25, 0.3) is 0 Å². The molecular weight excluding hydrogens is 402 g/mol. The predicted molar refractivity (Wildman–Crippen MR) is 115 cm³/mol. The van der Waals surface area contributed by atoms with E-state index in [9.17, 15) is 0 Å². The number of hydrogen-bond donors (Lipinski definition) is 1. The van der Waals surface area contributed by atoms with Crippen LogP contribution >= 0.6 is 0 Å². The number of halogens is 1. The highest BCUT2D eigenvalue weighted by Gasteiger charge is 2.18. The fraction of sp³-hybridized carbons (Fsp3) is 1.00. The maximum absolute atomic E-state index is 9.08. The molecule has 0 fully saturated rings. The lowest BCUT2D eigenvalue weighted by Gasteiger charge is -2.31. The van der Waals surface area contributed by atoms with Crippen molar-refractivity contribution in [2.45, 2.75) is 110 Å². The molecule has 0 rings (SSSR count). The molecule has 4 heteroatoms. The Balaban J connectivity index is 0. The lowest BCUT2D eigenvalue weighted by atomic mass is 10.0. The largest absolute Gasteiger partial charge is 1.00 e. The van der Waals surface area contributed by atoms with Gasteiger partial charge >= 0.3 is 0 Å². The van der Waals surface area contributed by atoms with Gasteiger partial charge in [0.15, 0.2) is 0 Å². The van der Waals surface area contributed by atoms with E-state index < -0.39 is 0 Å². The first-order valence-electron chi connectivity index (χ1n) is 11.6. The van der Waals surface area contributed by atoms with Crippen LogP contribution in [0.1, 0.15) is 104 Å². The number of unbranched alkanes of at least 4 members (excludes halogenated alkanes) is 13. The summed E-state index contributed by atoms with van der Waals surface area (Å²) in [5.41, 5.74) is 0. The maximum Gasteiger partial charge on any atom is 0.105 e. The second-order valence-corrected chi connectivity index (χ2v) is 8.84. The van der Waals surface area contributed by atoms with Crippen molar-refractivity contribution >= 4 is 0 Å². The Morgan fingerprint density at radius 3 is 1.56 bits per heavy atom. The topological polar surface area (TPSA) is 29.5 Å². The minimum Gasteiger partial charge on any atom is -1.00 e. The third-order valence-corrected chi connectivity index (χ3v) is 5.36. The molecule has 3 nitrogen and oxygen atoms in total. The number of aliphatic hydroxyl groups is 1. The molecular formula is C23H50BrNO2. The molecule has 0 amide bonds. The Hall–Kier alpha value is 0.360. The molecule has 0 aliphatic heterocycles. The van der Waals surface area contributed by atoms with Gasteiger partial charge in [-0.3, -0.25) is 0 Å². The lowest BCUT2D eigenvalue weighted by molar-refractivity contribution is -0.893. The number of ether oxygens (including phenoxy) is 1. The molecule has 0 radical (unpaired) electrons. The van der Waals surface area contributed by atoms with E-state index in [1.54, 1.807) is 0 Å². The molecule has 0 bridgehead atoms. The van der Waals surface area contributed by atoms with Gasteiger partial charge in [0.05, 0.1) is 20.7 Å². The SMILES string of the molecule is CCCCCCCCCCCCCCCCOC(C)C[N+](C)(C)CCO.[Br-]. The van der Waals surface area contributed by atoms with E-state index in [0.717, 1.165) is 24.2 Å². The summed E-state index contributed by atoms with van der Waals surface area (Å²) in [6.45, 7) is 7.35. The quantitative estimate of drug-likeness (QED) is 0.227. The molecule has 1 unspecified atom stereocenters. The van der Waals surface area contributed by atoms with Crippen molar-refractivity contribution in [3.05, 3.63) is 0 Å². The third kappa shape index (κ3) is 22.5. The van der Waals surface area contributed by atoms with E-state index in [4.69, 9.17) is 9.84 Å². The van der Waals surface area contributed by atoms with Gasteiger partial charge in [0.1, 0.15) is 19.2 Å². The molecule has 1 N–H and O–H groups in total. The number of aliphatic hydroxyl groups excluding tert-OH is 1. The Bertz CT molecular complexity index is 288. The van der Waals surface area contributed by atoms with Crippen molar-refractivity contribution in [1.82, 2.24) is 0 Å². The van der Waals surface area contributed by atoms with Crippen molar-refractivity contribution in [3.8, 4) is 0 Å². The first kappa shape index (κ1) is 29.6.